The van der Waals surface area contributed by atoms with E-state index in [1.807, 2.05) is 24.3 Å². The number of halogens is 1. The van der Waals surface area contributed by atoms with Crippen LogP contribution in [-0.2, 0) is 5.75 Å². The minimum atomic E-state index is -0.440. The molecule has 0 bridgehead atoms. The van der Waals surface area contributed by atoms with Gasteiger partial charge in [0.05, 0.1) is 11.1 Å². The topological polar surface area (TPSA) is 86.2 Å². The Morgan fingerprint density at radius 2 is 2.00 bits per heavy atom. The predicted octanol–water partition coefficient (Wildman–Crippen LogP) is 4.01. The lowest BCUT2D eigenvalue weighted by atomic mass is 10.2. The SMILES string of the molecule is O=[N+]([O-])c1ccc(/C=N/n2cnnc2SCc2ccccc2Cl)cc1. The monoisotopic (exact) mass is 373 g/mol. The first-order valence-electron chi connectivity index (χ1n) is 7.18. The van der Waals surface area contributed by atoms with Gasteiger partial charge in [0.15, 0.2) is 0 Å². The van der Waals surface area contributed by atoms with Gasteiger partial charge in [0.25, 0.3) is 5.69 Å². The Kier molecular flexibility index (Phi) is 5.42. The van der Waals surface area contributed by atoms with Crippen LogP contribution in [0.5, 0.6) is 0 Å². The van der Waals surface area contributed by atoms with Crippen molar-refractivity contribution in [3.63, 3.8) is 0 Å². The largest absolute Gasteiger partial charge is 0.269 e. The minimum Gasteiger partial charge on any atom is -0.258 e. The van der Waals surface area contributed by atoms with Gasteiger partial charge in [0, 0.05) is 22.9 Å². The van der Waals surface area contributed by atoms with Crippen LogP contribution in [0.2, 0.25) is 5.02 Å². The summed E-state index contributed by atoms with van der Waals surface area (Å²) >= 11 is 7.61. The molecule has 2 aromatic carbocycles. The van der Waals surface area contributed by atoms with E-state index in [0.717, 1.165) is 11.1 Å². The average Bonchev–Trinajstić information content (AvgIpc) is 3.07. The van der Waals surface area contributed by atoms with E-state index in [0.29, 0.717) is 15.9 Å². The van der Waals surface area contributed by atoms with Gasteiger partial charge in [0.2, 0.25) is 5.16 Å². The maximum Gasteiger partial charge on any atom is 0.269 e. The molecular formula is C16H12ClN5O2S. The third-order valence-electron chi connectivity index (χ3n) is 3.25. The Bertz CT molecular complexity index is 911. The molecule has 9 heteroatoms. The summed E-state index contributed by atoms with van der Waals surface area (Å²) in [5.41, 5.74) is 1.78. The van der Waals surface area contributed by atoms with Crippen molar-refractivity contribution in [1.29, 1.82) is 0 Å². The van der Waals surface area contributed by atoms with Crippen LogP contribution in [0, 0.1) is 10.1 Å². The molecular weight excluding hydrogens is 362 g/mol. The molecule has 0 aliphatic heterocycles. The van der Waals surface area contributed by atoms with Crippen molar-refractivity contribution in [3.8, 4) is 0 Å². The summed E-state index contributed by atoms with van der Waals surface area (Å²) in [4.78, 5) is 10.2. The molecule has 0 saturated heterocycles. The standard InChI is InChI=1S/C16H12ClN5O2S/c17-15-4-2-1-3-13(15)10-25-16-20-18-11-21(16)19-9-12-5-7-14(8-6-12)22(23)24/h1-9,11H,10H2/b19-9+. The lowest BCUT2D eigenvalue weighted by molar-refractivity contribution is -0.384. The van der Waals surface area contributed by atoms with Gasteiger partial charge in [-0.3, -0.25) is 10.1 Å². The molecule has 0 aliphatic rings. The lowest BCUT2D eigenvalue weighted by Crippen LogP contribution is -1.93. The third-order valence-corrected chi connectivity index (χ3v) is 4.60. The second kappa shape index (κ2) is 7.91. The van der Waals surface area contributed by atoms with E-state index in [4.69, 9.17) is 11.6 Å². The molecule has 7 nitrogen and oxygen atoms in total. The number of benzene rings is 2. The molecule has 0 saturated carbocycles. The summed E-state index contributed by atoms with van der Waals surface area (Å²) < 4.78 is 1.54. The number of aromatic nitrogens is 3. The van der Waals surface area contributed by atoms with Crippen molar-refractivity contribution in [3.05, 3.63) is 81.1 Å². The van der Waals surface area contributed by atoms with E-state index in [1.165, 1.54) is 30.2 Å². The molecule has 0 atom stereocenters. The van der Waals surface area contributed by atoms with Crippen LogP contribution in [-0.4, -0.2) is 26.0 Å². The normalized spacial score (nSPS) is 11.1. The van der Waals surface area contributed by atoms with E-state index in [1.54, 1.807) is 23.0 Å². The highest BCUT2D eigenvalue weighted by Crippen LogP contribution is 2.25. The molecule has 1 aromatic heterocycles. The fourth-order valence-corrected chi connectivity index (χ4v) is 3.11. The van der Waals surface area contributed by atoms with Gasteiger partial charge in [-0.05, 0) is 29.3 Å². The van der Waals surface area contributed by atoms with Crippen molar-refractivity contribution in [2.75, 3.05) is 0 Å². The summed E-state index contributed by atoms with van der Waals surface area (Å²) in [7, 11) is 0. The van der Waals surface area contributed by atoms with Crippen molar-refractivity contribution in [2.24, 2.45) is 5.10 Å². The fraction of sp³-hybridized carbons (Fsp3) is 0.0625. The van der Waals surface area contributed by atoms with Crippen LogP contribution in [0.3, 0.4) is 0 Å². The second-order valence-corrected chi connectivity index (χ2v) is 6.28. The maximum atomic E-state index is 10.7. The Balaban J connectivity index is 1.69. The van der Waals surface area contributed by atoms with Gasteiger partial charge < -0.3 is 0 Å². The van der Waals surface area contributed by atoms with Crippen LogP contribution in [0.4, 0.5) is 5.69 Å². The van der Waals surface area contributed by atoms with E-state index < -0.39 is 4.92 Å². The fourth-order valence-electron chi connectivity index (χ4n) is 1.96. The number of rotatable bonds is 6. The number of thioether (sulfide) groups is 1. The van der Waals surface area contributed by atoms with Crippen molar-refractivity contribution < 1.29 is 4.92 Å². The predicted molar refractivity (Wildman–Crippen MR) is 97.1 cm³/mol. The second-order valence-electron chi connectivity index (χ2n) is 4.93. The van der Waals surface area contributed by atoms with Crippen LogP contribution in [0.1, 0.15) is 11.1 Å². The number of hydrogen-bond donors (Lipinski definition) is 0. The summed E-state index contributed by atoms with van der Waals surface area (Å²) in [6.07, 6.45) is 3.09. The third kappa shape index (κ3) is 4.43. The molecule has 126 valence electrons. The first kappa shape index (κ1) is 17.1. The Hall–Kier alpha value is -2.71. The lowest BCUT2D eigenvalue weighted by Gasteiger charge is -2.03. The van der Waals surface area contributed by atoms with Crippen LogP contribution >= 0.6 is 23.4 Å². The Labute approximate surface area is 152 Å². The van der Waals surface area contributed by atoms with E-state index in [2.05, 4.69) is 15.3 Å². The highest BCUT2D eigenvalue weighted by molar-refractivity contribution is 7.98. The Morgan fingerprint density at radius 3 is 2.72 bits per heavy atom. The first-order valence-corrected chi connectivity index (χ1v) is 8.55. The van der Waals surface area contributed by atoms with Crippen LogP contribution in [0.15, 0.2) is 65.1 Å². The molecule has 0 aliphatic carbocycles. The van der Waals surface area contributed by atoms with Gasteiger partial charge in [-0.1, -0.05) is 41.6 Å². The molecule has 3 rings (SSSR count). The molecule has 1 heterocycles. The van der Waals surface area contributed by atoms with Crippen LogP contribution < -0.4 is 0 Å². The molecule has 3 aromatic rings. The smallest absolute Gasteiger partial charge is 0.258 e. The summed E-state index contributed by atoms with van der Waals surface area (Å²) in [6.45, 7) is 0. The van der Waals surface area contributed by atoms with Gasteiger partial charge in [-0.2, -0.15) is 9.78 Å². The zero-order valence-electron chi connectivity index (χ0n) is 12.8. The summed E-state index contributed by atoms with van der Waals surface area (Å²) in [5, 5.41) is 24.2. The average molecular weight is 374 g/mol. The van der Waals surface area contributed by atoms with E-state index >= 15 is 0 Å². The molecule has 25 heavy (non-hydrogen) atoms. The highest BCUT2D eigenvalue weighted by Gasteiger charge is 2.07. The number of nitrogens with zero attached hydrogens (tertiary/aromatic N) is 5. The minimum absolute atomic E-state index is 0.0393. The van der Waals surface area contributed by atoms with Gasteiger partial charge in [0.1, 0.15) is 6.33 Å². The molecule has 0 unspecified atom stereocenters. The van der Waals surface area contributed by atoms with Crippen molar-refractivity contribution in [2.45, 2.75) is 10.9 Å². The van der Waals surface area contributed by atoms with Crippen molar-refractivity contribution in [1.82, 2.24) is 14.9 Å². The molecule has 0 radical (unpaired) electrons. The summed E-state index contributed by atoms with van der Waals surface area (Å²) in [5.74, 6) is 0.644. The van der Waals surface area contributed by atoms with E-state index in [9.17, 15) is 10.1 Å². The van der Waals surface area contributed by atoms with Crippen LogP contribution in [0.25, 0.3) is 0 Å². The number of non-ortho nitro benzene ring substituents is 1. The molecule has 0 amide bonds. The maximum absolute atomic E-state index is 10.7. The van der Waals surface area contributed by atoms with E-state index in [-0.39, 0.29) is 5.69 Å². The Morgan fingerprint density at radius 1 is 1.24 bits per heavy atom. The van der Waals surface area contributed by atoms with Crippen molar-refractivity contribution >= 4 is 35.3 Å². The molecule has 0 spiro atoms. The highest BCUT2D eigenvalue weighted by atomic mass is 35.5. The van der Waals surface area contributed by atoms with Gasteiger partial charge >= 0.3 is 0 Å². The number of hydrogen-bond acceptors (Lipinski definition) is 6. The zero-order valence-corrected chi connectivity index (χ0v) is 14.4. The first-order chi connectivity index (χ1) is 12.1. The van der Waals surface area contributed by atoms with Gasteiger partial charge in [-0.15, -0.1) is 10.2 Å². The number of nitro benzene ring substituents is 1. The summed E-state index contributed by atoms with van der Waals surface area (Å²) in [6, 6.07) is 13.7. The van der Waals surface area contributed by atoms with Gasteiger partial charge in [-0.25, -0.2) is 0 Å². The molecule has 0 fully saturated rings. The quantitative estimate of drug-likeness (QED) is 0.282. The molecule has 0 N–H and O–H groups in total. The zero-order chi connectivity index (χ0) is 17.6. The number of nitro groups is 1.